The van der Waals surface area contributed by atoms with E-state index in [1.165, 1.54) is 13.1 Å². The molecule has 20 heavy (non-hydrogen) atoms. The van der Waals surface area contributed by atoms with Gasteiger partial charge in [-0.2, -0.15) is 5.26 Å². The second kappa shape index (κ2) is 5.20. The molecule has 0 bridgehead atoms. The van der Waals surface area contributed by atoms with E-state index >= 15 is 0 Å². The van der Waals surface area contributed by atoms with Crippen LogP contribution in [0.2, 0.25) is 0 Å². The van der Waals surface area contributed by atoms with E-state index in [1.807, 2.05) is 6.07 Å². The molecular formula is C12H15N3O5. The molecule has 8 nitrogen and oxygen atoms in total. The number of hydrogen-bond acceptors (Lipinski definition) is 6. The molecule has 1 saturated heterocycles. The third kappa shape index (κ3) is 2.38. The summed E-state index contributed by atoms with van der Waals surface area (Å²) >= 11 is 0. The second-order valence-electron chi connectivity index (χ2n) is 4.88. The van der Waals surface area contributed by atoms with Crippen molar-refractivity contribution in [3.05, 3.63) is 32.6 Å². The van der Waals surface area contributed by atoms with Gasteiger partial charge < -0.3 is 14.9 Å². The molecule has 3 N–H and O–H groups in total. The number of nitriles is 1. The summed E-state index contributed by atoms with van der Waals surface area (Å²) in [6.07, 6.45) is -0.693. The van der Waals surface area contributed by atoms with Gasteiger partial charge in [-0.25, -0.2) is 4.79 Å². The minimum Gasteiger partial charge on any atom is -0.394 e. The van der Waals surface area contributed by atoms with Crippen LogP contribution < -0.4 is 11.2 Å². The van der Waals surface area contributed by atoms with Crippen LogP contribution in [0.1, 0.15) is 24.6 Å². The zero-order valence-electron chi connectivity index (χ0n) is 10.9. The van der Waals surface area contributed by atoms with Gasteiger partial charge in [-0.1, -0.05) is 0 Å². The number of hydrogen-bond donors (Lipinski definition) is 3. The molecule has 0 unspecified atom stereocenters. The number of aryl methyl sites for hydroxylation is 1. The van der Waals surface area contributed by atoms with Crippen LogP contribution in [-0.2, 0) is 4.74 Å². The van der Waals surface area contributed by atoms with Crippen LogP contribution in [0, 0.1) is 18.3 Å². The van der Waals surface area contributed by atoms with E-state index in [-0.39, 0.29) is 12.8 Å². The Bertz CT molecular complexity index is 658. The average molecular weight is 281 g/mol. The van der Waals surface area contributed by atoms with Crippen LogP contribution in [0.25, 0.3) is 0 Å². The van der Waals surface area contributed by atoms with E-state index in [1.54, 1.807) is 0 Å². The number of aromatic amines is 1. The average Bonchev–Trinajstić information content (AvgIpc) is 2.71. The molecule has 2 heterocycles. The molecule has 1 aromatic heterocycles. The van der Waals surface area contributed by atoms with Crippen molar-refractivity contribution in [1.29, 1.82) is 5.26 Å². The van der Waals surface area contributed by atoms with Gasteiger partial charge in [0.05, 0.1) is 19.1 Å². The SMILES string of the molecule is Cc1cn([C@H]2C[C@@](O)(CC#N)[C@@H](CO)O2)c(=O)[nH]c1=O. The number of ether oxygens (including phenoxy) is 1. The first-order valence-electron chi connectivity index (χ1n) is 6.09. The van der Waals surface area contributed by atoms with Gasteiger partial charge in [0.25, 0.3) is 5.56 Å². The van der Waals surface area contributed by atoms with Gasteiger partial charge in [-0.15, -0.1) is 0 Å². The third-order valence-corrected chi connectivity index (χ3v) is 3.46. The molecule has 2 rings (SSSR count). The highest BCUT2D eigenvalue weighted by molar-refractivity contribution is 5.05. The summed E-state index contributed by atoms with van der Waals surface area (Å²) in [5, 5.41) is 28.3. The zero-order chi connectivity index (χ0) is 14.9. The molecule has 0 amide bonds. The predicted octanol–water partition coefficient (Wildman–Crippen LogP) is -1.23. The minimum absolute atomic E-state index is 0.0167. The standard InChI is InChI=1S/C12H15N3O5/c1-7-5-15(11(18)14-10(7)17)9-4-12(19,2-3-13)8(6-16)20-9/h5,8-9,16,19H,2,4,6H2,1H3,(H,14,17,18)/t8-,9-,12+/m1/s1. The Balaban J connectivity index is 2.37. The number of nitrogens with one attached hydrogen (secondary N) is 1. The Morgan fingerprint density at radius 1 is 1.65 bits per heavy atom. The van der Waals surface area contributed by atoms with Crippen molar-refractivity contribution in [1.82, 2.24) is 9.55 Å². The Hall–Kier alpha value is -1.95. The van der Waals surface area contributed by atoms with Gasteiger partial charge in [0.15, 0.2) is 0 Å². The molecule has 0 aliphatic carbocycles. The van der Waals surface area contributed by atoms with Crippen LogP contribution in [0.5, 0.6) is 0 Å². The van der Waals surface area contributed by atoms with E-state index in [0.717, 1.165) is 4.57 Å². The largest absolute Gasteiger partial charge is 0.394 e. The van der Waals surface area contributed by atoms with Crippen LogP contribution in [0.3, 0.4) is 0 Å². The molecule has 8 heteroatoms. The van der Waals surface area contributed by atoms with Gasteiger partial charge in [-0.05, 0) is 6.92 Å². The van der Waals surface area contributed by atoms with E-state index in [9.17, 15) is 19.8 Å². The summed E-state index contributed by atoms with van der Waals surface area (Å²) in [5.41, 5.74) is -2.35. The monoisotopic (exact) mass is 281 g/mol. The molecule has 0 aromatic carbocycles. The summed E-state index contributed by atoms with van der Waals surface area (Å²) in [5.74, 6) is 0. The molecule has 108 valence electrons. The first kappa shape index (κ1) is 14.5. The molecule has 0 spiro atoms. The lowest BCUT2D eigenvalue weighted by molar-refractivity contribution is -0.0806. The van der Waals surface area contributed by atoms with Crippen LogP contribution in [0.15, 0.2) is 15.8 Å². The van der Waals surface area contributed by atoms with Crippen molar-refractivity contribution in [2.45, 2.75) is 37.7 Å². The number of aromatic nitrogens is 2. The molecular weight excluding hydrogens is 266 g/mol. The first-order valence-corrected chi connectivity index (χ1v) is 6.09. The molecule has 1 fully saturated rings. The van der Waals surface area contributed by atoms with Crippen LogP contribution >= 0.6 is 0 Å². The molecule has 0 radical (unpaired) electrons. The molecule has 1 aliphatic heterocycles. The Morgan fingerprint density at radius 3 is 2.95 bits per heavy atom. The normalized spacial score (nSPS) is 29.3. The maximum Gasteiger partial charge on any atom is 0.330 e. The molecule has 3 atom stereocenters. The van der Waals surface area contributed by atoms with Gasteiger partial charge in [0.1, 0.15) is 17.9 Å². The van der Waals surface area contributed by atoms with Crippen LogP contribution in [-0.4, -0.2) is 38.1 Å². The summed E-state index contributed by atoms with van der Waals surface area (Å²) in [6, 6.07) is 1.84. The number of aliphatic hydroxyl groups excluding tert-OH is 1. The number of rotatable bonds is 3. The van der Waals surface area contributed by atoms with Crippen molar-refractivity contribution in [2.75, 3.05) is 6.61 Å². The van der Waals surface area contributed by atoms with Gasteiger partial charge in [0, 0.05) is 18.2 Å². The summed E-state index contributed by atoms with van der Waals surface area (Å²) in [6.45, 7) is 1.07. The first-order chi connectivity index (χ1) is 9.41. The lowest BCUT2D eigenvalue weighted by Gasteiger charge is -2.23. The van der Waals surface area contributed by atoms with E-state index in [2.05, 4.69) is 4.98 Å². The van der Waals surface area contributed by atoms with Crippen molar-refractivity contribution in [3.63, 3.8) is 0 Å². The maximum absolute atomic E-state index is 11.8. The molecule has 0 saturated carbocycles. The minimum atomic E-state index is -1.52. The number of aliphatic hydroxyl groups is 2. The summed E-state index contributed by atoms with van der Waals surface area (Å²) < 4.78 is 6.58. The van der Waals surface area contributed by atoms with Crippen molar-refractivity contribution in [3.8, 4) is 6.07 Å². The van der Waals surface area contributed by atoms with E-state index in [4.69, 9.17) is 10.00 Å². The topological polar surface area (TPSA) is 128 Å². The fourth-order valence-electron chi connectivity index (χ4n) is 2.30. The molecule has 1 aromatic rings. The van der Waals surface area contributed by atoms with Crippen molar-refractivity contribution in [2.24, 2.45) is 0 Å². The maximum atomic E-state index is 11.8. The van der Waals surface area contributed by atoms with Crippen molar-refractivity contribution >= 4 is 0 Å². The van der Waals surface area contributed by atoms with Gasteiger partial charge in [0.2, 0.25) is 0 Å². The van der Waals surface area contributed by atoms with Gasteiger partial charge >= 0.3 is 5.69 Å². The highest BCUT2D eigenvalue weighted by Gasteiger charge is 2.47. The lowest BCUT2D eigenvalue weighted by atomic mass is 9.92. The fourth-order valence-corrected chi connectivity index (χ4v) is 2.30. The van der Waals surface area contributed by atoms with E-state index in [0.29, 0.717) is 5.56 Å². The van der Waals surface area contributed by atoms with Crippen molar-refractivity contribution < 1.29 is 14.9 Å². The number of nitrogens with zero attached hydrogens (tertiary/aromatic N) is 2. The smallest absolute Gasteiger partial charge is 0.330 e. The lowest BCUT2D eigenvalue weighted by Crippen LogP contribution is -2.40. The summed E-state index contributed by atoms with van der Waals surface area (Å²) in [7, 11) is 0. The fraction of sp³-hybridized carbons (Fsp3) is 0.583. The second-order valence-corrected chi connectivity index (χ2v) is 4.88. The quantitative estimate of drug-likeness (QED) is 0.636. The Kier molecular flexibility index (Phi) is 3.76. The number of H-pyrrole nitrogens is 1. The molecule has 1 aliphatic rings. The Morgan fingerprint density at radius 2 is 2.35 bits per heavy atom. The summed E-state index contributed by atoms with van der Waals surface area (Å²) in [4.78, 5) is 25.2. The van der Waals surface area contributed by atoms with E-state index < -0.39 is 35.8 Å². The third-order valence-electron chi connectivity index (χ3n) is 3.46. The van der Waals surface area contributed by atoms with Crippen LogP contribution in [0.4, 0.5) is 0 Å². The highest BCUT2D eigenvalue weighted by atomic mass is 16.5. The Labute approximate surface area is 113 Å². The predicted molar refractivity (Wildman–Crippen MR) is 66.9 cm³/mol. The zero-order valence-corrected chi connectivity index (χ0v) is 10.9. The van der Waals surface area contributed by atoms with Gasteiger partial charge in [-0.3, -0.25) is 14.3 Å². The highest BCUT2D eigenvalue weighted by Crippen LogP contribution is 2.37.